The maximum Gasteiger partial charge on any atom is 0.155 e. The largest absolute Gasteiger partial charge is 0.378 e. The molecule has 0 aliphatic carbocycles. The van der Waals surface area contributed by atoms with Crippen LogP contribution in [0, 0.1) is 13.1 Å². The van der Waals surface area contributed by atoms with Gasteiger partial charge in [-0.1, -0.05) is 17.7 Å². The summed E-state index contributed by atoms with van der Waals surface area (Å²) in [5.41, 5.74) is 1.22. The zero-order chi connectivity index (χ0) is 9.80. The van der Waals surface area contributed by atoms with Crippen LogP contribution in [0.4, 0.5) is 0 Å². The van der Waals surface area contributed by atoms with Crippen molar-refractivity contribution in [2.45, 2.75) is 6.92 Å². The molecular weight excluding hydrogens is 176 g/mol. The van der Waals surface area contributed by atoms with Crippen molar-refractivity contribution in [2.24, 2.45) is 4.99 Å². The van der Waals surface area contributed by atoms with E-state index in [0.717, 1.165) is 5.75 Å². The predicted octanol–water partition coefficient (Wildman–Crippen LogP) is 1.95. The number of benzene rings is 1. The number of hydrogen-bond donors (Lipinski definition) is 0. The third-order valence-corrected chi connectivity index (χ3v) is 1.87. The number of rotatable bonds is 2. The molecule has 1 aliphatic rings. The second kappa shape index (κ2) is 3.96. The number of aryl methyl sites for hydroxylation is 1. The molecular formula is C11H11N2O. The molecule has 0 saturated heterocycles. The molecule has 0 aromatic heterocycles. The van der Waals surface area contributed by atoms with E-state index in [1.807, 2.05) is 37.3 Å². The predicted molar refractivity (Wildman–Crippen MR) is 54.8 cm³/mol. The molecule has 0 bridgehead atoms. The van der Waals surface area contributed by atoms with Gasteiger partial charge in [0, 0.05) is 0 Å². The van der Waals surface area contributed by atoms with Crippen LogP contribution in [0.2, 0.25) is 0 Å². The lowest BCUT2D eigenvalue weighted by Crippen LogP contribution is -2.27. The monoisotopic (exact) mass is 187 g/mol. The van der Waals surface area contributed by atoms with E-state index in [1.165, 1.54) is 5.56 Å². The highest BCUT2D eigenvalue weighted by atomic mass is 16.7. The van der Waals surface area contributed by atoms with E-state index in [2.05, 4.69) is 11.2 Å². The Morgan fingerprint density at radius 2 is 2.14 bits per heavy atom. The quantitative estimate of drug-likeness (QED) is 0.707. The summed E-state index contributed by atoms with van der Waals surface area (Å²) in [4.78, 5) is 9.37. The molecule has 0 unspecified atom stereocenters. The van der Waals surface area contributed by atoms with E-state index in [9.17, 15) is 0 Å². The molecule has 0 amide bonds. The Kier molecular flexibility index (Phi) is 2.49. The number of hydroxylamine groups is 2. The van der Waals surface area contributed by atoms with E-state index in [1.54, 1.807) is 11.4 Å². The number of hydrogen-bond acceptors (Lipinski definition) is 3. The third kappa shape index (κ3) is 2.13. The Balaban J connectivity index is 2.00. The molecule has 0 N–H and O–H groups in total. The van der Waals surface area contributed by atoms with Crippen LogP contribution in [0.1, 0.15) is 5.56 Å². The Bertz CT molecular complexity index is 354. The Labute approximate surface area is 83.3 Å². The summed E-state index contributed by atoms with van der Waals surface area (Å²) in [6.45, 7) is 2.72. The first-order valence-corrected chi connectivity index (χ1v) is 4.46. The fourth-order valence-electron chi connectivity index (χ4n) is 1.12. The lowest BCUT2D eigenvalue weighted by atomic mass is 10.2. The van der Waals surface area contributed by atoms with Crippen LogP contribution < -0.4 is 4.84 Å². The van der Waals surface area contributed by atoms with Crippen molar-refractivity contribution in [3.8, 4) is 5.75 Å². The van der Waals surface area contributed by atoms with Crippen molar-refractivity contribution < 1.29 is 4.84 Å². The molecule has 71 valence electrons. The summed E-state index contributed by atoms with van der Waals surface area (Å²) in [6.07, 6.45) is 6.16. The molecule has 0 saturated carbocycles. The van der Waals surface area contributed by atoms with Crippen LogP contribution in [-0.2, 0) is 0 Å². The third-order valence-electron chi connectivity index (χ3n) is 1.87. The van der Waals surface area contributed by atoms with E-state index >= 15 is 0 Å². The van der Waals surface area contributed by atoms with Gasteiger partial charge < -0.3 is 4.84 Å². The first-order valence-electron chi connectivity index (χ1n) is 4.46. The van der Waals surface area contributed by atoms with Gasteiger partial charge in [0.1, 0.15) is 6.34 Å². The molecule has 0 spiro atoms. The molecule has 1 aromatic carbocycles. The standard InChI is InChI=1S/C11H11N2O/c1-10-3-5-11(6-4-10)14-13-8-2-7-12-9-13/h2-6,9H,8H2,1H3. The fourth-order valence-corrected chi connectivity index (χ4v) is 1.12. The summed E-state index contributed by atoms with van der Waals surface area (Å²) in [5.74, 6) is 0.817. The summed E-state index contributed by atoms with van der Waals surface area (Å²) in [6, 6.07) is 7.90. The normalized spacial score (nSPS) is 14.5. The van der Waals surface area contributed by atoms with Crippen molar-refractivity contribution in [3.63, 3.8) is 0 Å². The van der Waals surface area contributed by atoms with Crippen LogP contribution in [0.25, 0.3) is 0 Å². The highest BCUT2D eigenvalue weighted by Crippen LogP contribution is 2.12. The van der Waals surface area contributed by atoms with Crippen LogP contribution >= 0.6 is 0 Å². The van der Waals surface area contributed by atoms with Gasteiger partial charge in [0.2, 0.25) is 0 Å². The lowest BCUT2D eigenvalue weighted by molar-refractivity contribution is 0.0359. The molecule has 3 heteroatoms. The van der Waals surface area contributed by atoms with Crippen LogP contribution in [-0.4, -0.2) is 17.9 Å². The van der Waals surface area contributed by atoms with Gasteiger partial charge in [0.15, 0.2) is 5.75 Å². The molecule has 1 aromatic rings. The zero-order valence-electron chi connectivity index (χ0n) is 7.97. The van der Waals surface area contributed by atoms with E-state index in [-0.39, 0.29) is 0 Å². The van der Waals surface area contributed by atoms with Crippen LogP contribution in [0.15, 0.2) is 35.3 Å². The van der Waals surface area contributed by atoms with Gasteiger partial charge in [-0.05, 0) is 25.1 Å². The topological polar surface area (TPSA) is 24.8 Å². The summed E-state index contributed by atoms with van der Waals surface area (Å²) < 4.78 is 0. The minimum absolute atomic E-state index is 0.678. The first kappa shape index (κ1) is 8.81. The van der Waals surface area contributed by atoms with Crippen LogP contribution in [0.5, 0.6) is 5.75 Å². The van der Waals surface area contributed by atoms with Crippen molar-refractivity contribution >= 4 is 6.34 Å². The maximum atomic E-state index is 5.52. The first-order chi connectivity index (χ1) is 6.84. The van der Waals surface area contributed by atoms with Gasteiger partial charge in [0.05, 0.1) is 12.7 Å². The minimum Gasteiger partial charge on any atom is -0.378 e. The zero-order valence-corrected chi connectivity index (χ0v) is 7.97. The molecule has 14 heavy (non-hydrogen) atoms. The van der Waals surface area contributed by atoms with Gasteiger partial charge in [-0.3, -0.25) is 0 Å². The lowest BCUT2D eigenvalue weighted by Gasteiger charge is -2.19. The number of nitrogens with zero attached hydrogens (tertiary/aromatic N) is 2. The van der Waals surface area contributed by atoms with Crippen LogP contribution in [0.3, 0.4) is 0 Å². The second-order valence-corrected chi connectivity index (χ2v) is 3.08. The number of aliphatic imine (C=N–C) groups is 1. The maximum absolute atomic E-state index is 5.52. The van der Waals surface area contributed by atoms with Crippen molar-refractivity contribution in [1.82, 2.24) is 5.06 Å². The summed E-state index contributed by atoms with van der Waals surface area (Å²) in [5, 5.41) is 1.65. The highest BCUT2D eigenvalue weighted by molar-refractivity contribution is 5.55. The van der Waals surface area contributed by atoms with E-state index < -0.39 is 0 Å². The Morgan fingerprint density at radius 1 is 1.36 bits per heavy atom. The Hall–Kier alpha value is -1.77. The van der Waals surface area contributed by atoms with Crippen molar-refractivity contribution in [1.29, 1.82) is 0 Å². The molecule has 0 fully saturated rings. The molecule has 2 rings (SSSR count). The molecule has 1 radical (unpaired) electrons. The van der Waals surface area contributed by atoms with E-state index in [0.29, 0.717) is 6.54 Å². The summed E-state index contributed by atoms with van der Waals surface area (Å²) >= 11 is 0. The average Bonchev–Trinajstić information content (AvgIpc) is 2.23. The SMILES string of the molecule is Cc1ccc(ON2C=N[C]=CC2)cc1. The summed E-state index contributed by atoms with van der Waals surface area (Å²) in [7, 11) is 0. The van der Waals surface area contributed by atoms with Crippen molar-refractivity contribution in [3.05, 3.63) is 42.1 Å². The fraction of sp³-hybridized carbons (Fsp3) is 0.182. The van der Waals surface area contributed by atoms with Gasteiger partial charge in [0.25, 0.3) is 0 Å². The van der Waals surface area contributed by atoms with Gasteiger partial charge in [-0.25, -0.2) is 4.99 Å². The van der Waals surface area contributed by atoms with E-state index in [4.69, 9.17) is 4.84 Å². The molecule has 1 aliphatic heterocycles. The smallest absolute Gasteiger partial charge is 0.155 e. The van der Waals surface area contributed by atoms with Gasteiger partial charge in [-0.2, -0.15) is 5.06 Å². The molecule has 3 nitrogen and oxygen atoms in total. The van der Waals surface area contributed by atoms with Gasteiger partial charge in [-0.15, -0.1) is 0 Å². The van der Waals surface area contributed by atoms with Crippen molar-refractivity contribution in [2.75, 3.05) is 6.54 Å². The Morgan fingerprint density at radius 3 is 2.79 bits per heavy atom. The minimum atomic E-state index is 0.678. The average molecular weight is 187 g/mol. The second-order valence-electron chi connectivity index (χ2n) is 3.08. The van der Waals surface area contributed by atoms with Gasteiger partial charge >= 0.3 is 0 Å². The molecule has 1 heterocycles. The highest BCUT2D eigenvalue weighted by Gasteiger charge is 2.02. The molecule has 0 atom stereocenters.